The highest BCUT2D eigenvalue weighted by molar-refractivity contribution is 6.31. The molecule has 1 N–H and O–H groups in total. The fourth-order valence-electron chi connectivity index (χ4n) is 1.66. The summed E-state index contributed by atoms with van der Waals surface area (Å²) in [6.45, 7) is 6.86. The summed E-state index contributed by atoms with van der Waals surface area (Å²) in [6, 6.07) is 8.44. The molecule has 0 fully saturated rings. The molecule has 1 nitrogen and oxygen atoms in total. The zero-order valence-corrected chi connectivity index (χ0v) is 9.93. The van der Waals surface area contributed by atoms with Gasteiger partial charge in [-0.2, -0.15) is 0 Å². The Morgan fingerprint density at radius 2 is 2.20 bits per heavy atom. The van der Waals surface area contributed by atoms with E-state index < -0.39 is 0 Å². The normalized spacial score (nSPS) is 12.4. The van der Waals surface area contributed by atoms with Crippen LogP contribution in [0.5, 0.6) is 0 Å². The van der Waals surface area contributed by atoms with Crippen LogP contribution in [0.15, 0.2) is 36.9 Å². The van der Waals surface area contributed by atoms with Crippen molar-refractivity contribution in [2.75, 3.05) is 6.54 Å². The number of likely N-dealkylation sites (N-methyl/N-ethyl adjacent to an activating group) is 1. The van der Waals surface area contributed by atoms with Gasteiger partial charge in [-0.15, -0.1) is 6.58 Å². The SMILES string of the molecule is C=CCC(Cc1ccccc1Cl)NCC. The van der Waals surface area contributed by atoms with Crippen molar-refractivity contribution in [2.45, 2.75) is 25.8 Å². The van der Waals surface area contributed by atoms with Crippen LogP contribution in [0, 0.1) is 0 Å². The minimum Gasteiger partial charge on any atom is -0.314 e. The van der Waals surface area contributed by atoms with Gasteiger partial charge in [-0.3, -0.25) is 0 Å². The second-order valence-electron chi connectivity index (χ2n) is 3.57. The van der Waals surface area contributed by atoms with E-state index in [1.807, 2.05) is 24.3 Å². The molecule has 0 bridgehead atoms. The first-order valence-electron chi connectivity index (χ1n) is 5.35. The van der Waals surface area contributed by atoms with Crippen LogP contribution >= 0.6 is 11.6 Å². The summed E-state index contributed by atoms with van der Waals surface area (Å²) in [4.78, 5) is 0. The summed E-state index contributed by atoms with van der Waals surface area (Å²) in [5.41, 5.74) is 1.20. The molecule has 0 aromatic heterocycles. The van der Waals surface area contributed by atoms with Crippen LogP contribution in [0.2, 0.25) is 5.02 Å². The topological polar surface area (TPSA) is 12.0 Å². The van der Waals surface area contributed by atoms with Crippen molar-refractivity contribution in [3.8, 4) is 0 Å². The summed E-state index contributed by atoms with van der Waals surface area (Å²) in [7, 11) is 0. The molecule has 1 rings (SSSR count). The highest BCUT2D eigenvalue weighted by atomic mass is 35.5. The highest BCUT2D eigenvalue weighted by Crippen LogP contribution is 2.17. The second kappa shape index (κ2) is 6.65. The highest BCUT2D eigenvalue weighted by Gasteiger charge is 2.08. The number of hydrogen-bond donors (Lipinski definition) is 1. The Morgan fingerprint density at radius 3 is 2.80 bits per heavy atom. The van der Waals surface area contributed by atoms with E-state index in [1.54, 1.807) is 0 Å². The average molecular weight is 224 g/mol. The van der Waals surface area contributed by atoms with Gasteiger partial charge in [0, 0.05) is 11.1 Å². The van der Waals surface area contributed by atoms with Gasteiger partial charge >= 0.3 is 0 Å². The molecule has 15 heavy (non-hydrogen) atoms. The van der Waals surface area contributed by atoms with Crippen LogP contribution in [0.4, 0.5) is 0 Å². The van der Waals surface area contributed by atoms with Crippen molar-refractivity contribution < 1.29 is 0 Å². The molecule has 0 aliphatic rings. The quantitative estimate of drug-likeness (QED) is 0.729. The van der Waals surface area contributed by atoms with Gasteiger partial charge in [0.25, 0.3) is 0 Å². The van der Waals surface area contributed by atoms with Gasteiger partial charge in [0.15, 0.2) is 0 Å². The van der Waals surface area contributed by atoms with Crippen molar-refractivity contribution >= 4 is 11.6 Å². The van der Waals surface area contributed by atoms with Crippen LogP contribution in [-0.4, -0.2) is 12.6 Å². The maximum Gasteiger partial charge on any atom is 0.0438 e. The van der Waals surface area contributed by atoms with E-state index in [-0.39, 0.29) is 0 Å². The van der Waals surface area contributed by atoms with Crippen LogP contribution in [0.1, 0.15) is 18.9 Å². The van der Waals surface area contributed by atoms with Crippen molar-refractivity contribution in [3.05, 3.63) is 47.5 Å². The Balaban J connectivity index is 2.64. The first-order chi connectivity index (χ1) is 7.27. The van der Waals surface area contributed by atoms with Crippen LogP contribution in [0.25, 0.3) is 0 Å². The van der Waals surface area contributed by atoms with Crippen molar-refractivity contribution in [1.29, 1.82) is 0 Å². The molecule has 0 aliphatic carbocycles. The van der Waals surface area contributed by atoms with Gasteiger partial charge in [0.2, 0.25) is 0 Å². The summed E-state index contributed by atoms with van der Waals surface area (Å²) < 4.78 is 0. The number of hydrogen-bond acceptors (Lipinski definition) is 1. The fourth-order valence-corrected chi connectivity index (χ4v) is 1.87. The van der Waals surface area contributed by atoms with Gasteiger partial charge < -0.3 is 5.32 Å². The van der Waals surface area contributed by atoms with Gasteiger partial charge in [0.1, 0.15) is 0 Å². The third kappa shape index (κ3) is 4.06. The lowest BCUT2D eigenvalue weighted by Crippen LogP contribution is -2.30. The van der Waals surface area contributed by atoms with Crippen molar-refractivity contribution in [2.24, 2.45) is 0 Å². The molecular formula is C13H18ClN. The zero-order valence-electron chi connectivity index (χ0n) is 9.17. The molecule has 1 aromatic carbocycles. The van der Waals surface area contributed by atoms with E-state index in [9.17, 15) is 0 Å². The van der Waals surface area contributed by atoms with Crippen LogP contribution < -0.4 is 5.32 Å². The van der Waals surface area contributed by atoms with E-state index in [2.05, 4.69) is 24.9 Å². The van der Waals surface area contributed by atoms with E-state index in [1.165, 1.54) is 5.56 Å². The second-order valence-corrected chi connectivity index (χ2v) is 3.98. The molecule has 0 saturated heterocycles. The summed E-state index contributed by atoms with van der Waals surface area (Å²) in [5, 5.41) is 4.28. The summed E-state index contributed by atoms with van der Waals surface area (Å²) in [6.07, 6.45) is 3.88. The minimum absolute atomic E-state index is 0.437. The van der Waals surface area contributed by atoms with Gasteiger partial charge in [-0.05, 0) is 31.0 Å². The lowest BCUT2D eigenvalue weighted by Gasteiger charge is -2.16. The Morgan fingerprint density at radius 1 is 1.47 bits per heavy atom. The largest absolute Gasteiger partial charge is 0.314 e. The van der Waals surface area contributed by atoms with E-state index in [4.69, 9.17) is 11.6 Å². The van der Waals surface area contributed by atoms with E-state index >= 15 is 0 Å². The van der Waals surface area contributed by atoms with Crippen LogP contribution in [-0.2, 0) is 6.42 Å². The summed E-state index contributed by atoms with van der Waals surface area (Å²) in [5.74, 6) is 0. The molecular weight excluding hydrogens is 206 g/mol. The average Bonchev–Trinajstić information content (AvgIpc) is 2.22. The summed E-state index contributed by atoms with van der Waals surface area (Å²) >= 11 is 6.12. The Kier molecular flexibility index (Phi) is 5.44. The standard InChI is InChI=1S/C13H18ClN/c1-3-7-12(15-4-2)10-11-8-5-6-9-13(11)14/h3,5-6,8-9,12,15H,1,4,7,10H2,2H3. The molecule has 0 saturated carbocycles. The predicted molar refractivity (Wildman–Crippen MR) is 67.4 cm³/mol. The minimum atomic E-state index is 0.437. The monoisotopic (exact) mass is 223 g/mol. The van der Waals surface area contributed by atoms with E-state index in [0.29, 0.717) is 6.04 Å². The molecule has 82 valence electrons. The van der Waals surface area contributed by atoms with Gasteiger partial charge in [0.05, 0.1) is 0 Å². The van der Waals surface area contributed by atoms with Gasteiger partial charge in [-0.25, -0.2) is 0 Å². The molecule has 0 heterocycles. The Labute approximate surface area is 97.1 Å². The number of benzene rings is 1. The molecule has 1 aromatic rings. The third-order valence-corrected chi connectivity index (χ3v) is 2.74. The van der Waals surface area contributed by atoms with Crippen LogP contribution in [0.3, 0.4) is 0 Å². The molecule has 0 amide bonds. The molecule has 1 unspecified atom stereocenters. The van der Waals surface area contributed by atoms with E-state index in [0.717, 1.165) is 24.4 Å². The Bertz CT molecular complexity index is 309. The maximum absolute atomic E-state index is 6.12. The molecule has 2 heteroatoms. The lowest BCUT2D eigenvalue weighted by molar-refractivity contribution is 0.530. The van der Waals surface area contributed by atoms with Crippen molar-refractivity contribution in [3.63, 3.8) is 0 Å². The molecule has 0 aliphatic heterocycles. The predicted octanol–water partition coefficient (Wildman–Crippen LogP) is 3.44. The first kappa shape index (κ1) is 12.3. The zero-order chi connectivity index (χ0) is 11.1. The molecule has 1 atom stereocenters. The number of halogens is 1. The first-order valence-corrected chi connectivity index (χ1v) is 5.73. The number of nitrogens with one attached hydrogen (secondary N) is 1. The van der Waals surface area contributed by atoms with Gasteiger partial charge in [-0.1, -0.05) is 42.8 Å². The molecule has 0 radical (unpaired) electrons. The Hall–Kier alpha value is -0.790. The number of rotatable bonds is 6. The third-order valence-electron chi connectivity index (χ3n) is 2.37. The maximum atomic E-state index is 6.12. The lowest BCUT2D eigenvalue weighted by atomic mass is 10.0. The smallest absolute Gasteiger partial charge is 0.0438 e. The fraction of sp³-hybridized carbons (Fsp3) is 0.385. The van der Waals surface area contributed by atoms with Crippen molar-refractivity contribution in [1.82, 2.24) is 5.32 Å². The molecule has 0 spiro atoms.